The molecule has 0 aliphatic carbocycles. The molecule has 0 fully saturated rings. The van der Waals surface area contributed by atoms with Crippen LogP contribution in [0.15, 0.2) is 25.3 Å². The predicted molar refractivity (Wildman–Crippen MR) is 45.9 cm³/mol. The Bertz CT molecular complexity index is 36.7. The molecule has 0 heterocycles. The van der Waals surface area contributed by atoms with Gasteiger partial charge in [-0.1, -0.05) is 0 Å². The summed E-state index contributed by atoms with van der Waals surface area (Å²) >= 11 is 9.60. The Labute approximate surface area is 91.3 Å². The van der Waals surface area contributed by atoms with Crippen molar-refractivity contribution < 1.29 is 28.3 Å². The van der Waals surface area contributed by atoms with Crippen LogP contribution < -0.4 is 0 Å². The van der Waals surface area contributed by atoms with Crippen molar-refractivity contribution in [2.75, 3.05) is 0 Å². The zero-order valence-electron chi connectivity index (χ0n) is 5.37. The molecule has 70 valence electrons. The summed E-state index contributed by atoms with van der Waals surface area (Å²) in [6, 6.07) is 0. The summed E-state index contributed by atoms with van der Waals surface area (Å²) < 4.78 is 0. The molecule has 0 spiro atoms. The van der Waals surface area contributed by atoms with Crippen molar-refractivity contribution in [2.45, 2.75) is 0 Å². The van der Waals surface area contributed by atoms with Gasteiger partial charge in [0.05, 0.1) is 0 Å². The molecular formula is C6H10BrClNi2-2. The van der Waals surface area contributed by atoms with Crippen LogP contribution in [0.3, 0.4) is 0 Å². The van der Waals surface area contributed by atoms with Crippen molar-refractivity contribution in [3.05, 3.63) is 39.2 Å². The molecule has 4 heteroatoms. The number of allylic oxidation sites excluding steroid dienone is 2. The average molecular weight is 315 g/mol. The molecule has 0 atom stereocenters. The fraction of sp³-hybridized carbons (Fsp3) is 0. The van der Waals surface area contributed by atoms with Crippen LogP contribution in [-0.4, -0.2) is 0 Å². The van der Waals surface area contributed by atoms with Crippen LogP contribution >= 0.6 is 24.4 Å². The van der Waals surface area contributed by atoms with E-state index in [-0.39, 0.29) is 0 Å². The van der Waals surface area contributed by atoms with Crippen LogP contribution in [0, 0.1) is 13.8 Å². The third-order valence-corrected chi connectivity index (χ3v) is 0. The van der Waals surface area contributed by atoms with Crippen molar-refractivity contribution in [2.24, 2.45) is 0 Å². The first-order chi connectivity index (χ1) is 4.83. The molecule has 0 saturated carbocycles. The van der Waals surface area contributed by atoms with Gasteiger partial charge in [-0.25, -0.2) is 39.2 Å². The molecule has 0 radical (unpaired) electrons. The van der Waals surface area contributed by atoms with E-state index in [2.05, 4.69) is 79.7 Å². The Kier molecular flexibility index (Phi) is 204. The minimum absolute atomic E-state index is 1.50. The fourth-order valence-electron chi connectivity index (χ4n) is 0. The predicted octanol–water partition coefficient (Wildman–Crippen LogP) is 3.54. The number of hydrogen-bond acceptors (Lipinski definition) is 0. The van der Waals surface area contributed by atoms with Crippen molar-refractivity contribution in [1.29, 1.82) is 0 Å². The zero-order valence-corrected chi connectivity index (χ0v) is 9.69. The number of rotatable bonds is 0. The molecular weight excluding hydrogens is 305 g/mol. The molecule has 0 saturated heterocycles. The van der Waals surface area contributed by atoms with Crippen molar-refractivity contribution in [1.82, 2.24) is 0 Å². The topological polar surface area (TPSA) is 0 Å². The van der Waals surface area contributed by atoms with Gasteiger partial charge in [0.2, 0.25) is 0 Å². The van der Waals surface area contributed by atoms with Crippen LogP contribution in [0.25, 0.3) is 0 Å². The average Bonchev–Trinajstić information content (AvgIpc) is 1.99. The van der Waals surface area contributed by atoms with E-state index < -0.39 is 0 Å². The van der Waals surface area contributed by atoms with Crippen LogP contribution in [0.4, 0.5) is 0 Å². The van der Waals surface area contributed by atoms with Gasteiger partial charge < -0.3 is 0 Å². The molecule has 0 nitrogen and oxygen atoms in total. The SMILES string of the molecule is C=C[CH2-].C=C[CH2-].[Cl][Ni].[Ni][Br]. The molecule has 0 aromatic rings. The first kappa shape index (κ1) is 22.4. The molecule has 0 amide bonds. The summed E-state index contributed by atoms with van der Waals surface area (Å²) in [6.45, 7) is 13.0. The first-order valence-electron chi connectivity index (χ1n) is 1.87. The minimum atomic E-state index is 1.50. The quantitative estimate of drug-likeness (QED) is 0.474. The van der Waals surface area contributed by atoms with E-state index in [1.165, 1.54) is 12.2 Å². The van der Waals surface area contributed by atoms with E-state index in [0.29, 0.717) is 0 Å². The first-order valence-corrected chi connectivity index (χ1v) is 5.67. The zero-order chi connectivity index (χ0) is 9.41. The Morgan fingerprint density at radius 1 is 1.10 bits per heavy atom. The maximum absolute atomic E-state index is 4.26. The van der Waals surface area contributed by atoms with E-state index in [0.717, 1.165) is 0 Å². The molecule has 0 aromatic heterocycles. The summed E-state index contributed by atoms with van der Waals surface area (Å²) in [7, 11) is 4.26. The summed E-state index contributed by atoms with van der Waals surface area (Å²) in [5, 5.41) is 0. The Morgan fingerprint density at radius 3 is 1.10 bits per heavy atom. The van der Waals surface area contributed by atoms with Gasteiger partial charge in [-0.15, -0.1) is 0 Å². The number of halogens is 2. The van der Waals surface area contributed by atoms with Gasteiger partial charge in [0.25, 0.3) is 0 Å². The monoisotopic (exact) mass is 312 g/mol. The van der Waals surface area contributed by atoms with Gasteiger partial charge in [-0.3, -0.25) is 0 Å². The second-order valence-corrected chi connectivity index (χ2v) is 0.577. The molecule has 0 rings (SSSR count). The number of hydrogen-bond donors (Lipinski definition) is 0. The summed E-state index contributed by atoms with van der Waals surface area (Å²) in [5.74, 6) is 0. The van der Waals surface area contributed by atoms with E-state index in [1.807, 2.05) is 0 Å². The van der Waals surface area contributed by atoms with Crippen LogP contribution in [0.2, 0.25) is 0 Å². The van der Waals surface area contributed by atoms with Gasteiger partial charge >= 0.3 is 52.7 Å². The molecule has 0 aromatic carbocycles. The van der Waals surface area contributed by atoms with E-state index in [1.54, 1.807) is 0 Å². The second-order valence-electron chi connectivity index (χ2n) is 0.577. The van der Waals surface area contributed by atoms with Gasteiger partial charge in [0.1, 0.15) is 0 Å². The molecule has 0 N–H and O–H groups in total. The molecule has 0 unspecified atom stereocenters. The summed E-state index contributed by atoms with van der Waals surface area (Å²) in [5.41, 5.74) is 0. The van der Waals surface area contributed by atoms with E-state index in [9.17, 15) is 0 Å². The van der Waals surface area contributed by atoms with Gasteiger partial charge in [-0.2, -0.15) is 0 Å². The standard InChI is InChI=1S/2C3H5.BrH.ClH.2Ni/c2*1-3-2;;;;/h2*3H,1-2H2;2*1H;;/q2*-1;;;2*+1/p-2. The normalized spacial score (nSPS) is 3.80. The summed E-state index contributed by atoms with van der Waals surface area (Å²) in [4.78, 5) is 0. The van der Waals surface area contributed by atoms with E-state index in [4.69, 9.17) is 0 Å². The second kappa shape index (κ2) is 90.7. The van der Waals surface area contributed by atoms with Crippen molar-refractivity contribution in [3.63, 3.8) is 0 Å². The molecule has 0 bridgehead atoms. The Hall–Kier alpha value is 0.977. The van der Waals surface area contributed by atoms with Crippen LogP contribution in [-0.2, 0) is 28.3 Å². The van der Waals surface area contributed by atoms with Gasteiger partial charge in [0.15, 0.2) is 0 Å². The molecule has 10 heavy (non-hydrogen) atoms. The molecule has 0 aliphatic heterocycles. The van der Waals surface area contributed by atoms with E-state index >= 15 is 0 Å². The summed E-state index contributed by atoms with van der Waals surface area (Å²) in [6.07, 6.45) is 3.00. The van der Waals surface area contributed by atoms with Crippen LogP contribution in [0.1, 0.15) is 0 Å². The van der Waals surface area contributed by atoms with Gasteiger partial charge in [-0.05, 0) is 0 Å². The Balaban J connectivity index is -0.0000000246. The van der Waals surface area contributed by atoms with Gasteiger partial charge in [0, 0.05) is 0 Å². The van der Waals surface area contributed by atoms with Crippen LogP contribution in [0.5, 0.6) is 0 Å². The van der Waals surface area contributed by atoms with Crippen molar-refractivity contribution in [3.8, 4) is 0 Å². The Morgan fingerprint density at radius 2 is 1.10 bits per heavy atom. The van der Waals surface area contributed by atoms with Crippen molar-refractivity contribution >= 4 is 24.4 Å². The molecule has 0 aliphatic rings. The third kappa shape index (κ3) is 598. The maximum atomic E-state index is 4.26. The fourth-order valence-corrected chi connectivity index (χ4v) is 0. The third-order valence-electron chi connectivity index (χ3n) is 0.